The molecule has 0 bridgehead atoms. The smallest absolute Gasteiger partial charge is 0.0732 e. The summed E-state index contributed by atoms with van der Waals surface area (Å²) in [6.45, 7) is 4.29. The second kappa shape index (κ2) is 6.09. The number of nitrogens with zero attached hydrogens (tertiary/aromatic N) is 4. The molecule has 0 saturated carbocycles. The van der Waals surface area contributed by atoms with Crippen molar-refractivity contribution in [3.63, 3.8) is 0 Å². The molecule has 0 aliphatic heterocycles. The number of fused-ring (bicyclic) bond motifs is 2. The standard InChI is InChI=1S/C23H20N4/c1-16-8-6-12-26-22(16)19(14-24-26)21(18-10-4-3-5-11-18)20-15-25-27-13-7-9-17(2)23(20)27/h3-15,21H,1-2H3. The van der Waals surface area contributed by atoms with Crippen LogP contribution in [0.1, 0.15) is 33.7 Å². The second-order valence-corrected chi connectivity index (χ2v) is 7.01. The van der Waals surface area contributed by atoms with Gasteiger partial charge >= 0.3 is 0 Å². The Morgan fingerprint density at radius 2 is 1.19 bits per heavy atom. The van der Waals surface area contributed by atoms with Gasteiger partial charge in [0.1, 0.15) is 0 Å². The Labute approximate surface area is 157 Å². The molecule has 27 heavy (non-hydrogen) atoms. The Hall–Kier alpha value is -3.40. The van der Waals surface area contributed by atoms with Gasteiger partial charge in [-0.05, 0) is 42.7 Å². The lowest BCUT2D eigenvalue weighted by Crippen LogP contribution is -2.04. The first kappa shape index (κ1) is 15.8. The molecule has 0 radical (unpaired) electrons. The first-order valence-electron chi connectivity index (χ1n) is 9.14. The van der Waals surface area contributed by atoms with Gasteiger partial charge in [-0.1, -0.05) is 42.5 Å². The Morgan fingerprint density at radius 3 is 1.70 bits per heavy atom. The Kier molecular flexibility index (Phi) is 3.57. The first-order chi connectivity index (χ1) is 13.2. The fourth-order valence-electron chi connectivity index (χ4n) is 4.08. The summed E-state index contributed by atoms with van der Waals surface area (Å²) in [6.07, 6.45) is 8.02. The number of hydrogen-bond acceptors (Lipinski definition) is 2. The highest BCUT2D eigenvalue weighted by molar-refractivity contribution is 5.70. The quantitative estimate of drug-likeness (QED) is 0.468. The summed E-state index contributed by atoms with van der Waals surface area (Å²) >= 11 is 0. The predicted molar refractivity (Wildman–Crippen MR) is 107 cm³/mol. The minimum Gasteiger partial charge on any atom is -0.240 e. The van der Waals surface area contributed by atoms with Crippen LogP contribution in [-0.2, 0) is 0 Å². The zero-order valence-electron chi connectivity index (χ0n) is 15.4. The summed E-state index contributed by atoms with van der Waals surface area (Å²) in [7, 11) is 0. The number of rotatable bonds is 3. The van der Waals surface area contributed by atoms with Crippen molar-refractivity contribution in [1.82, 2.24) is 19.2 Å². The van der Waals surface area contributed by atoms with Gasteiger partial charge in [-0.25, -0.2) is 9.03 Å². The maximum atomic E-state index is 4.63. The van der Waals surface area contributed by atoms with Crippen molar-refractivity contribution in [1.29, 1.82) is 0 Å². The Bertz CT molecular complexity index is 1170. The molecule has 1 aromatic carbocycles. The van der Waals surface area contributed by atoms with Gasteiger partial charge in [0.25, 0.3) is 0 Å². The number of aromatic nitrogens is 4. The van der Waals surface area contributed by atoms with Crippen LogP contribution in [0.4, 0.5) is 0 Å². The third-order valence-corrected chi connectivity index (χ3v) is 5.30. The van der Waals surface area contributed by atoms with E-state index in [0.29, 0.717) is 0 Å². The van der Waals surface area contributed by atoms with Crippen molar-refractivity contribution in [3.05, 3.63) is 107 Å². The highest BCUT2D eigenvalue weighted by Crippen LogP contribution is 2.37. The molecule has 0 spiro atoms. The lowest BCUT2D eigenvalue weighted by atomic mass is 9.85. The fraction of sp³-hybridized carbons (Fsp3) is 0.130. The van der Waals surface area contributed by atoms with Crippen LogP contribution in [0.2, 0.25) is 0 Å². The van der Waals surface area contributed by atoms with E-state index in [9.17, 15) is 0 Å². The predicted octanol–water partition coefficient (Wildman–Crippen LogP) is 4.78. The van der Waals surface area contributed by atoms with Crippen LogP contribution in [0.5, 0.6) is 0 Å². The van der Waals surface area contributed by atoms with Crippen molar-refractivity contribution < 1.29 is 0 Å². The summed E-state index contributed by atoms with van der Waals surface area (Å²) in [6, 6.07) is 19.0. The van der Waals surface area contributed by atoms with Crippen LogP contribution in [0.25, 0.3) is 11.0 Å². The van der Waals surface area contributed by atoms with Gasteiger partial charge in [0.05, 0.1) is 23.4 Å². The van der Waals surface area contributed by atoms with E-state index in [2.05, 4.69) is 66.5 Å². The van der Waals surface area contributed by atoms with Crippen molar-refractivity contribution in [2.45, 2.75) is 19.8 Å². The van der Waals surface area contributed by atoms with Crippen LogP contribution >= 0.6 is 0 Å². The maximum absolute atomic E-state index is 4.63. The van der Waals surface area contributed by atoms with E-state index >= 15 is 0 Å². The molecular formula is C23H20N4. The average molecular weight is 352 g/mol. The van der Waals surface area contributed by atoms with Crippen molar-refractivity contribution in [3.8, 4) is 0 Å². The summed E-state index contributed by atoms with van der Waals surface area (Å²) in [5, 5.41) is 9.26. The molecule has 4 nitrogen and oxygen atoms in total. The molecule has 5 rings (SSSR count). The largest absolute Gasteiger partial charge is 0.240 e. The zero-order valence-corrected chi connectivity index (χ0v) is 15.4. The summed E-state index contributed by atoms with van der Waals surface area (Å²) in [5.74, 6) is 0.0726. The molecule has 5 aromatic rings. The number of hydrogen-bond donors (Lipinski definition) is 0. The minimum absolute atomic E-state index is 0.0726. The van der Waals surface area contributed by atoms with Gasteiger partial charge in [0.15, 0.2) is 0 Å². The van der Waals surface area contributed by atoms with E-state index in [-0.39, 0.29) is 5.92 Å². The van der Waals surface area contributed by atoms with Crippen LogP contribution in [-0.4, -0.2) is 19.2 Å². The monoisotopic (exact) mass is 352 g/mol. The van der Waals surface area contributed by atoms with Crippen LogP contribution in [0.15, 0.2) is 79.4 Å². The first-order valence-corrected chi connectivity index (χ1v) is 9.14. The molecule has 0 aliphatic carbocycles. The molecule has 0 unspecified atom stereocenters. The van der Waals surface area contributed by atoms with Gasteiger partial charge in [0.2, 0.25) is 0 Å². The van der Waals surface area contributed by atoms with Gasteiger partial charge in [-0.3, -0.25) is 0 Å². The van der Waals surface area contributed by atoms with Gasteiger partial charge in [-0.15, -0.1) is 0 Å². The normalized spacial score (nSPS) is 11.7. The number of aryl methyl sites for hydroxylation is 2. The summed E-state index contributed by atoms with van der Waals surface area (Å²) in [5.41, 5.74) is 8.43. The molecule has 4 heteroatoms. The maximum Gasteiger partial charge on any atom is 0.0732 e. The highest BCUT2D eigenvalue weighted by atomic mass is 15.2. The van der Waals surface area contributed by atoms with E-state index in [1.165, 1.54) is 38.9 Å². The average Bonchev–Trinajstić information content (AvgIpc) is 3.30. The number of benzene rings is 1. The van der Waals surface area contributed by atoms with Crippen molar-refractivity contribution in [2.75, 3.05) is 0 Å². The Balaban J connectivity index is 1.85. The van der Waals surface area contributed by atoms with Crippen LogP contribution in [0.3, 0.4) is 0 Å². The Morgan fingerprint density at radius 1 is 0.667 bits per heavy atom. The molecular weight excluding hydrogens is 332 g/mol. The van der Waals surface area contributed by atoms with E-state index in [0.717, 1.165) is 0 Å². The second-order valence-electron chi connectivity index (χ2n) is 7.01. The van der Waals surface area contributed by atoms with Crippen molar-refractivity contribution in [2.24, 2.45) is 0 Å². The van der Waals surface area contributed by atoms with Crippen LogP contribution < -0.4 is 0 Å². The minimum atomic E-state index is 0.0726. The number of pyridine rings is 2. The van der Waals surface area contributed by atoms with Gasteiger partial charge in [0, 0.05) is 29.4 Å². The molecule has 132 valence electrons. The van der Waals surface area contributed by atoms with E-state index in [1.54, 1.807) is 0 Å². The molecule has 4 aromatic heterocycles. The van der Waals surface area contributed by atoms with E-state index < -0.39 is 0 Å². The lowest BCUT2D eigenvalue weighted by molar-refractivity contribution is 0.956. The molecule has 0 aliphatic rings. The summed E-state index contributed by atoms with van der Waals surface area (Å²) in [4.78, 5) is 0. The summed E-state index contributed by atoms with van der Waals surface area (Å²) < 4.78 is 3.94. The van der Waals surface area contributed by atoms with Gasteiger partial charge < -0.3 is 0 Å². The molecule has 0 saturated heterocycles. The molecule has 0 amide bonds. The van der Waals surface area contributed by atoms with Crippen LogP contribution in [0, 0.1) is 13.8 Å². The molecule has 0 fully saturated rings. The lowest BCUT2D eigenvalue weighted by Gasteiger charge is -2.17. The third kappa shape index (κ3) is 2.45. The van der Waals surface area contributed by atoms with E-state index in [1.807, 2.05) is 46.0 Å². The third-order valence-electron chi connectivity index (χ3n) is 5.30. The van der Waals surface area contributed by atoms with Gasteiger partial charge in [-0.2, -0.15) is 10.2 Å². The highest BCUT2D eigenvalue weighted by Gasteiger charge is 2.25. The SMILES string of the molecule is Cc1cccn2ncc(C(c3ccccc3)c3cnn4cccc(C)c34)c12. The zero-order chi connectivity index (χ0) is 18.4. The molecule has 0 atom stereocenters. The van der Waals surface area contributed by atoms with E-state index in [4.69, 9.17) is 0 Å². The van der Waals surface area contributed by atoms with Crippen molar-refractivity contribution >= 4 is 11.0 Å². The fourth-order valence-corrected chi connectivity index (χ4v) is 4.08. The molecule has 0 N–H and O–H groups in total. The topological polar surface area (TPSA) is 34.6 Å². The molecule has 4 heterocycles.